The Bertz CT molecular complexity index is 661. The molecule has 2 aromatic rings. The average molecular weight is 358 g/mol. The fourth-order valence-electron chi connectivity index (χ4n) is 2.44. The van der Waals surface area contributed by atoms with Crippen molar-refractivity contribution in [2.75, 3.05) is 33.4 Å². The van der Waals surface area contributed by atoms with E-state index in [4.69, 9.17) is 15.2 Å². The van der Waals surface area contributed by atoms with Crippen LogP contribution in [0, 0.1) is 0 Å². The number of hydrogen-bond acceptors (Lipinski definition) is 5. The summed E-state index contributed by atoms with van der Waals surface area (Å²) in [7, 11) is 1.97. The SMILES string of the molecule is CN(CCc1ccc(OCC(N)=O)cc1)CC(O)COc1ccccc1. The van der Waals surface area contributed by atoms with Gasteiger partial charge in [0.05, 0.1) is 0 Å². The van der Waals surface area contributed by atoms with Crippen molar-refractivity contribution in [1.29, 1.82) is 0 Å². The second-order valence-electron chi connectivity index (χ2n) is 6.19. The van der Waals surface area contributed by atoms with E-state index in [0.717, 1.165) is 24.3 Å². The number of aliphatic hydroxyl groups excluding tert-OH is 1. The summed E-state index contributed by atoms with van der Waals surface area (Å²) in [6.07, 6.45) is 0.295. The lowest BCUT2D eigenvalue weighted by Crippen LogP contribution is -2.34. The molecule has 2 aromatic carbocycles. The fourth-order valence-corrected chi connectivity index (χ4v) is 2.44. The van der Waals surface area contributed by atoms with Crippen LogP contribution in [0.5, 0.6) is 11.5 Å². The number of hydrogen-bond donors (Lipinski definition) is 2. The van der Waals surface area contributed by atoms with Crippen LogP contribution >= 0.6 is 0 Å². The first-order valence-electron chi connectivity index (χ1n) is 8.57. The summed E-state index contributed by atoms with van der Waals surface area (Å²) < 4.78 is 10.8. The average Bonchev–Trinajstić information content (AvgIpc) is 2.64. The number of aliphatic hydroxyl groups is 1. The van der Waals surface area contributed by atoms with Crippen LogP contribution < -0.4 is 15.2 Å². The highest BCUT2D eigenvalue weighted by Gasteiger charge is 2.09. The number of nitrogens with zero attached hydrogens (tertiary/aromatic N) is 1. The van der Waals surface area contributed by atoms with E-state index < -0.39 is 12.0 Å². The van der Waals surface area contributed by atoms with Crippen LogP contribution in [-0.4, -0.2) is 55.4 Å². The molecule has 140 valence electrons. The molecule has 1 amide bonds. The number of likely N-dealkylation sites (N-methyl/N-ethyl adjacent to an activating group) is 1. The molecule has 0 bridgehead atoms. The molecular formula is C20H26N2O4. The molecule has 6 nitrogen and oxygen atoms in total. The van der Waals surface area contributed by atoms with Crippen LogP contribution in [0.3, 0.4) is 0 Å². The van der Waals surface area contributed by atoms with E-state index in [0.29, 0.717) is 12.3 Å². The minimum Gasteiger partial charge on any atom is -0.491 e. The number of para-hydroxylation sites is 1. The Labute approximate surface area is 154 Å². The molecule has 0 aliphatic heterocycles. The maximum absolute atomic E-state index is 10.7. The largest absolute Gasteiger partial charge is 0.491 e. The van der Waals surface area contributed by atoms with Crippen LogP contribution in [0.2, 0.25) is 0 Å². The standard InChI is InChI=1S/C20H26N2O4/c1-22(13-17(23)14-25-18-5-3-2-4-6-18)12-11-16-7-9-19(10-8-16)26-15-20(21)24/h2-10,17,23H,11-15H2,1H3,(H2,21,24). The van der Waals surface area contributed by atoms with Gasteiger partial charge >= 0.3 is 0 Å². The molecule has 3 N–H and O–H groups in total. The van der Waals surface area contributed by atoms with Crippen LogP contribution in [0.1, 0.15) is 5.56 Å². The van der Waals surface area contributed by atoms with Crippen molar-refractivity contribution in [3.05, 3.63) is 60.2 Å². The molecule has 0 saturated carbocycles. The second-order valence-corrected chi connectivity index (χ2v) is 6.19. The van der Waals surface area contributed by atoms with Crippen molar-refractivity contribution in [2.45, 2.75) is 12.5 Å². The van der Waals surface area contributed by atoms with Crippen LogP contribution in [0.4, 0.5) is 0 Å². The molecule has 1 unspecified atom stereocenters. The molecule has 0 aliphatic rings. The van der Waals surface area contributed by atoms with E-state index in [1.807, 2.05) is 61.6 Å². The lowest BCUT2D eigenvalue weighted by atomic mass is 10.1. The van der Waals surface area contributed by atoms with Gasteiger partial charge in [0.15, 0.2) is 6.61 Å². The summed E-state index contributed by atoms with van der Waals surface area (Å²) >= 11 is 0. The maximum Gasteiger partial charge on any atom is 0.255 e. The van der Waals surface area contributed by atoms with Gasteiger partial charge in [0, 0.05) is 13.1 Å². The zero-order chi connectivity index (χ0) is 18.8. The minimum absolute atomic E-state index is 0.120. The number of nitrogens with two attached hydrogens (primary N) is 1. The molecule has 0 heterocycles. The first kappa shape index (κ1) is 19.8. The van der Waals surface area contributed by atoms with Gasteiger partial charge in [-0.3, -0.25) is 4.79 Å². The van der Waals surface area contributed by atoms with E-state index in [1.54, 1.807) is 0 Å². The van der Waals surface area contributed by atoms with E-state index in [1.165, 1.54) is 0 Å². The summed E-state index contributed by atoms with van der Waals surface area (Å²) in [6.45, 7) is 1.49. The lowest BCUT2D eigenvalue weighted by Gasteiger charge is -2.20. The summed E-state index contributed by atoms with van der Waals surface area (Å²) in [4.78, 5) is 12.8. The molecular weight excluding hydrogens is 332 g/mol. The van der Waals surface area contributed by atoms with E-state index in [9.17, 15) is 9.90 Å². The van der Waals surface area contributed by atoms with Crippen molar-refractivity contribution < 1.29 is 19.4 Å². The highest BCUT2D eigenvalue weighted by atomic mass is 16.5. The normalized spacial score (nSPS) is 12.0. The number of rotatable bonds is 11. The first-order chi connectivity index (χ1) is 12.5. The summed E-state index contributed by atoms with van der Waals surface area (Å²) in [5, 5.41) is 10.1. The van der Waals surface area contributed by atoms with Gasteiger partial charge in [0.2, 0.25) is 0 Å². The van der Waals surface area contributed by atoms with E-state index >= 15 is 0 Å². The smallest absolute Gasteiger partial charge is 0.255 e. The Hall–Kier alpha value is -2.57. The fraction of sp³-hybridized carbons (Fsp3) is 0.350. The molecule has 1 atom stereocenters. The Morgan fingerprint density at radius 2 is 1.73 bits per heavy atom. The van der Waals surface area contributed by atoms with Crippen LogP contribution in [0.15, 0.2) is 54.6 Å². The third-order valence-electron chi connectivity index (χ3n) is 3.79. The second kappa shape index (κ2) is 10.4. The Morgan fingerprint density at radius 3 is 2.38 bits per heavy atom. The Kier molecular flexibility index (Phi) is 7.92. The number of primary amides is 1. The molecule has 0 fully saturated rings. The first-order valence-corrected chi connectivity index (χ1v) is 8.57. The molecule has 0 saturated heterocycles. The van der Waals surface area contributed by atoms with Gasteiger partial charge in [0.25, 0.3) is 5.91 Å². The molecule has 0 radical (unpaired) electrons. The van der Waals surface area contributed by atoms with Gasteiger partial charge < -0.3 is 25.2 Å². The van der Waals surface area contributed by atoms with Crippen LogP contribution in [0.25, 0.3) is 0 Å². The number of carbonyl (C=O) groups is 1. The van der Waals surface area contributed by atoms with Gasteiger partial charge in [-0.2, -0.15) is 0 Å². The number of carbonyl (C=O) groups excluding carboxylic acids is 1. The third-order valence-corrected chi connectivity index (χ3v) is 3.79. The Balaban J connectivity index is 1.67. The monoisotopic (exact) mass is 358 g/mol. The van der Waals surface area contributed by atoms with E-state index in [-0.39, 0.29) is 13.2 Å². The maximum atomic E-state index is 10.7. The summed E-state index contributed by atoms with van der Waals surface area (Å²) in [6, 6.07) is 17.0. The molecule has 0 aromatic heterocycles. The van der Waals surface area contributed by atoms with Gasteiger partial charge in [-0.25, -0.2) is 0 Å². The van der Waals surface area contributed by atoms with Gasteiger partial charge in [-0.1, -0.05) is 30.3 Å². The summed E-state index contributed by atoms with van der Waals surface area (Å²) in [5.74, 6) is 0.882. The predicted octanol–water partition coefficient (Wildman–Crippen LogP) is 1.46. The van der Waals surface area contributed by atoms with Gasteiger partial charge in [0.1, 0.15) is 24.2 Å². The molecule has 26 heavy (non-hydrogen) atoms. The zero-order valence-electron chi connectivity index (χ0n) is 15.0. The van der Waals surface area contributed by atoms with Gasteiger partial charge in [-0.05, 0) is 43.3 Å². The number of amides is 1. The third kappa shape index (κ3) is 7.55. The van der Waals surface area contributed by atoms with Crippen molar-refractivity contribution in [3.63, 3.8) is 0 Å². The van der Waals surface area contributed by atoms with Crippen molar-refractivity contribution in [1.82, 2.24) is 4.90 Å². The van der Waals surface area contributed by atoms with E-state index in [2.05, 4.69) is 4.90 Å². The van der Waals surface area contributed by atoms with Crippen molar-refractivity contribution in [2.24, 2.45) is 5.73 Å². The molecule has 2 rings (SSSR count). The molecule has 6 heteroatoms. The predicted molar refractivity (Wildman–Crippen MR) is 100 cm³/mol. The molecule has 0 spiro atoms. The Morgan fingerprint density at radius 1 is 1.08 bits per heavy atom. The van der Waals surface area contributed by atoms with Crippen LogP contribution in [-0.2, 0) is 11.2 Å². The molecule has 0 aliphatic carbocycles. The highest BCUT2D eigenvalue weighted by Crippen LogP contribution is 2.13. The highest BCUT2D eigenvalue weighted by molar-refractivity contribution is 5.75. The topological polar surface area (TPSA) is 85.0 Å². The quantitative estimate of drug-likeness (QED) is 0.635. The summed E-state index contributed by atoms with van der Waals surface area (Å²) in [5.41, 5.74) is 6.20. The van der Waals surface area contributed by atoms with Crippen molar-refractivity contribution in [3.8, 4) is 11.5 Å². The zero-order valence-corrected chi connectivity index (χ0v) is 15.0. The number of benzene rings is 2. The lowest BCUT2D eigenvalue weighted by molar-refractivity contribution is -0.119. The van der Waals surface area contributed by atoms with Crippen molar-refractivity contribution >= 4 is 5.91 Å². The van der Waals surface area contributed by atoms with Gasteiger partial charge in [-0.15, -0.1) is 0 Å². The number of ether oxygens (including phenoxy) is 2. The minimum atomic E-state index is -0.551.